The van der Waals surface area contributed by atoms with Gasteiger partial charge in [0.1, 0.15) is 5.82 Å². The molecule has 1 aromatic carbocycles. The summed E-state index contributed by atoms with van der Waals surface area (Å²) in [5.41, 5.74) is 6.60. The summed E-state index contributed by atoms with van der Waals surface area (Å²) >= 11 is 0. The Morgan fingerprint density at radius 2 is 1.74 bits per heavy atom. The van der Waals surface area contributed by atoms with Gasteiger partial charge in [0, 0.05) is 32.7 Å². The van der Waals surface area contributed by atoms with E-state index in [0.717, 1.165) is 38.3 Å². The molecule has 1 aliphatic rings. The lowest BCUT2D eigenvalue weighted by atomic mass is 10.2. The fourth-order valence-corrected chi connectivity index (χ4v) is 2.21. The Bertz CT molecular complexity index is 427. The minimum absolute atomic E-state index is 0.202. The van der Waals surface area contributed by atoms with Crippen LogP contribution in [-0.2, 0) is 6.54 Å². The quantitative estimate of drug-likeness (QED) is 0.364. The van der Waals surface area contributed by atoms with E-state index in [9.17, 15) is 4.39 Å². The van der Waals surface area contributed by atoms with E-state index in [1.165, 1.54) is 12.1 Å². The van der Waals surface area contributed by atoms with Crippen LogP contribution in [0.1, 0.15) is 5.56 Å². The Kier molecular flexibility index (Phi) is 4.70. The van der Waals surface area contributed by atoms with E-state index in [1.807, 2.05) is 12.1 Å². The van der Waals surface area contributed by atoms with Crippen molar-refractivity contribution in [2.45, 2.75) is 6.54 Å². The molecule has 0 amide bonds. The van der Waals surface area contributed by atoms with Gasteiger partial charge < -0.3 is 10.9 Å². The molecular weight excluding hydrogens is 247 g/mol. The van der Waals surface area contributed by atoms with E-state index < -0.39 is 0 Å². The van der Waals surface area contributed by atoms with Crippen LogP contribution in [0.15, 0.2) is 29.4 Å². The normalized spacial score (nSPS) is 18.7. The average Bonchev–Trinajstić information content (AvgIpc) is 2.43. The zero-order chi connectivity index (χ0) is 13.7. The Labute approximate surface area is 112 Å². The van der Waals surface area contributed by atoms with Crippen LogP contribution in [0.25, 0.3) is 0 Å². The Morgan fingerprint density at radius 3 is 2.32 bits per heavy atom. The predicted octanol–water partition coefficient (Wildman–Crippen LogP) is 0.690. The number of benzene rings is 1. The lowest BCUT2D eigenvalue weighted by molar-refractivity contribution is 0.139. The average molecular weight is 266 g/mol. The molecule has 1 heterocycles. The summed E-state index contributed by atoms with van der Waals surface area (Å²) in [6.45, 7) is 4.96. The number of piperazine rings is 1. The highest BCUT2D eigenvalue weighted by atomic mass is 19.1. The van der Waals surface area contributed by atoms with Gasteiger partial charge in [-0.05, 0) is 17.7 Å². The molecule has 0 aliphatic carbocycles. The van der Waals surface area contributed by atoms with Gasteiger partial charge in [0.25, 0.3) is 0 Å². The van der Waals surface area contributed by atoms with Crippen molar-refractivity contribution in [2.24, 2.45) is 10.9 Å². The molecule has 19 heavy (non-hydrogen) atoms. The van der Waals surface area contributed by atoms with Crippen LogP contribution in [0.4, 0.5) is 4.39 Å². The topological polar surface area (TPSA) is 65.1 Å². The number of halogens is 1. The van der Waals surface area contributed by atoms with Crippen molar-refractivity contribution in [3.8, 4) is 0 Å². The maximum Gasteiger partial charge on any atom is 0.153 e. The number of amidine groups is 1. The minimum Gasteiger partial charge on any atom is -0.409 e. The largest absolute Gasteiger partial charge is 0.409 e. The van der Waals surface area contributed by atoms with Crippen molar-refractivity contribution in [3.63, 3.8) is 0 Å². The molecule has 1 aromatic rings. The first-order valence-electron chi connectivity index (χ1n) is 6.33. The molecule has 0 aromatic heterocycles. The van der Waals surface area contributed by atoms with Crippen LogP contribution in [0.5, 0.6) is 0 Å². The van der Waals surface area contributed by atoms with Gasteiger partial charge in [-0.2, -0.15) is 0 Å². The summed E-state index contributed by atoms with van der Waals surface area (Å²) in [7, 11) is 0. The SMILES string of the molecule is NC(CN1CCN(Cc2ccc(F)cc2)CC1)=NO. The second-order valence-corrected chi connectivity index (χ2v) is 4.77. The van der Waals surface area contributed by atoms with Crippen molar-refractivity contribution >= 4 is 5.84 Å². The lowest BCUT2D eigenvalue weighted by Crippen LogP contribution is -2.48. The molecule has 3 N–H and O–H groups in total. The Hall–Kier alpha value is -1.66. The molecule has 0 unspecified atom stereocenters. The number of nitrogens with two attached hydrogens (primary N) is 1. The first-order chi connectivity index (χ1) is 9.17. The van der Waals surface area contributed by atoms with E-state index in [-0.39, 0.29) is 11.7 Å². The summed E-state index contributed by atoms with van der Waals surface area (Å²) in [5, 5.41) is 11.5. The second-order valence-electron chi connectivity index (χ2n) is 4.77. The molecule has 104 valence electrons. The molecule has 6 heteroatoms. The Morgan fingerprint density at radius 1 is 1.16 bits per heavy atom. The molecule has 5 nitrogen and oxygen atoms in total. The molecule has 0 radical (unpaired) electrons. The van der Waals surface area contributed by atoms with Crippen LogP contribution in [-0.4, -0.2) is 53.6 Å². The highest BCUT2D eigenvalue weighted by Gasteiger charge is 2.17. The van der Waals surface area contributed by atoms with E-state index in [2.05, 4.69) is 15.0 Å². The zero-order valence-electron chi connectivity index (χ0n) is 10.8. The summed E-state index contributed by atoms with van der Waals surface area (Å²) in [6, 6.07) is 6.62. The van der Waals surface area contributed by atoms with Gasteiger partial charge >= 0.3 is 0 Å². The van der Waals surface area contributed by atoms with Gasteiger partial charge in [0.05, 0.1) is 6.54 Å². The van der Waals surface area contributed by atoms with E-state index >= 15 is 0 Å². The van der Waals surface area contributed by atoms with Crippen molar-refractivity contribution in [3.05, 3.63) is 35.6 Å². The first-order valence-corrected chi connectivity index (χ1v) is 6.33. The number of hydrogen-bond donors (Lipinski definition) is 2. The van der Waals surface area contributed by atoms with Crippen molar-refractivity contribution in [1.82, 2.24) is 9.80 Å². The summed E-state index contributed by atoms with van der Waals surface area (Å²) in [6.07, 6.45) is 0. The highest BCUT2D eigenvalue weighted by molar-refractivity contribution is 5.81. The molecular formula is C13H19FN4O. The van der Waals surface area contributed by atoms with Crippen LogP contribution in [0, 0.1) is 5.82 Å². The highest BCUT2D eigenvalue weighted by Crippen LogP contribution is 2.09. The third-order valence-electron chi connectivity index (χ3n) is 3.30. The lowest BCUT2D eigenvalue weighted by Gasteiger charge is -2.34. The maximum absolute atomic E-state index is 12.8. The molecule has 1 aliphatic heterocycles. The third-order valence-corrected chi connectivity index (χ3v) is 3.30. The van der Waals surface area contributed by atoms with Crippen LogP contribution in [0.3, 0.4) is 0 Å². The van der Waals surface area contributed by atoms with Crippen molar-refractivity contribution in [2.75, 3.05) is 32.7 Å². The molecule has 0 spiro atoms. The van der Waals surface area contributed by atoms with E-state index in [1.54, 1.807) is 0 Å². The monoisotopic (exact) mass is 266 g/mol. The van der Waals surface area contributed by atoms with Crippen LogP contribution >= 0.6 is 0 Å². The van der Waals surface area contributed by atoms with Crippen LogP contribution in [0.2, 0.25) is 0 Å². The summed E-state index contributed by atoms with van der Waals surface area (Å²) < 4.78 is 12.8. The fraction of sp³-hybridized carbons (Fsp3) is 0.462. The number of nitrogens with zero attached hydrogens (tertiary/aromatic N) is 3. The molecule has 1 fully saturated rings. The van der Waals surface area contributed by atoms with Gasteiger partial charge in [-0.25, -0.2) is 4.39 Å². The standard InChI is InChI=1S/C13H19FN4O/c14-12-3-1-11(2-4-12)9-17-5-7-18(8-6-17)10-13(15)16-19/h1-4,19H,5-10H2,(H2,15,16). The van der Waals surface area contributed by atoms with Gasteiger partial charge in [0.2, 0.25) is 0 Å². The Balaban J connectivity index is 1.78. The molecule has 0 saturated carbocycles. The van der Waals surface area contributed by atoms with Crippen LogP contribution < -0.4 is 5.73 Å². The van der Waals surface area contributed by atoms with Crippen molar-refractivity contribution in [1.29, 1.82) is 0 Å². The van der Waals surface area contributed by atoms with Crippen molar-refractivity contribution < 1.29 is 9.60 Å². The van der Waals surface area contributed by atoms with Gasteiger partial charge in [-0.1, -0.05) is 17.3 Å². The van der Waals surface area contributed by atoms with Gasteiger partial charge in [-0.15, -0.1) is 0 Å². The minimum atomic E-state index is -0.202. The smallest absolute Gasteiger partial charge is 0.153 e. The third kappa shape index (κ3) is 4.18. The molecule has 0 atom stereocenters. The van der Waals surface area contributed by atoms with E-state index in [0.29, 0.717) is 6.54 Å². The number of hydrogen-bond acceptors (Lipinski definition) is 4. The molecule has 2 rings (SSSR count). The zero-order valence-corrected chi connectivity index (χ0v) is 10.8. The van der Waals surface area contributed by atoms with Gasteiger partial charge in [0.15, 0.2) is 5.84 Å². The number of oxime groups is 1. The molecule has 0 bridgehead atoms. The number of rotatable bonds is 4. The molecule has 1 saturated heterocycles. The van der Waals surface area contributed by atoms with Gasteiger partial charge in [-0.3, -0.25) is 9.80 Å². The summed E-state index contributed by atoms with van der Waals surface area (Å²) in [5.74, 6) is 0.0410. The summed E-state index contributed by atoms with van der Waals surface area (Å²) in [4.78, 5) is 4.46. The first kappa shape index (κ1) is 13.8. The predicted molar refractivity (Wildman–Crippen MR) is 71.5 cm³/mol. The fourth-order valence-electron chi connectivity index (χ4n) is 2.21. The maximum atomic E-state index is 12.8. The second kappa shape index (κ2) is 6.49. The van der Waals surface area contributed by atoms with E-state index in [4.69, 9.17) is 10.9 Å².